The van der Waals surface area contributed by atoms with Crippen molar-refractivity contribution < 1.29 is 4.79 Å². The SMILES string of the molecule is Cc1ccc(C(=O)NCc2ccnc(C)n2)c(Br)c1. The number of halogens is 1. The van der Waals surface area contributed by atoms with Crippen molar-refractivity contribution in [1.29, 1.82) is 0 Å². The van der Waals surface area contributed by atoms with Crippen molar-refractivity contribution in [3.8, 4) is 0 Å². The molecular formula is C14H14BrN3O. The average Bonchev–Trinajstić information content (AvgIpc) is 2.36. The maximum absolute atomic E-state index is 12.1. The summed E-state index contributed by atoms with van der Waals surface area (Å²) >= 11 is 3.40. The van der Waals surface area contributed by atoms with E-state index >= 15 is 0 Å². The van der Waals surface area contributed by atoms with Gasteiger partial charge in [0.25, 0.3) is 5.91 Å². The van der Waals surface area contributed by atoms with Crippen molar-refractivity contribution in [3.05, 3.63) is 57.6 Å². The summed E-state index contributed by atoms with van der Waals surface area (Å²) in [4.78, 5) is 20.3. The zero-order valence-electron chi connectivity index (χ0n) is 10.8. The average molecular weight is 320 g/mol. The number of rotatable bonds is 3. The van der Waals surface area contributed by atoms with Crippen LogP contribution in [0, 0.1) is 13.8 Å². The number of carbonyl (C=O) groups excluding carboxylic acids is 1. The Kier molecular flexibility index (Phi) is 4.27. The van der Waals surface area contributed by atoms with Gasteiger partial charge < -0.3 is 5.32 Å². The third-order valence-corrected chi connectivity index (χ3v) is 3.29. The molecule has 2 rings (SSSR count). The van der Waals surface area contributed by atoms with Crippen molar-refractivity contribution >= 4 is 21.8 Å². The van der Waals surface area contributed by atoms with Gasteiger partial charge in [-0.3, -0.25) is 4.79 Å². The lowest BCUT2D eigenvalue weighted by atomic mass is 10.1. The summed E-state index contributed by atoms with van der Waals surface area (Å²) in [5, 5.41) is 2.84. The van der Waals surface area contributed by atoms with Gasteiger partial charge in [-0.2, -0.15) is 0 Å². The molecule has 2 aromatic rings. The van der Waals surface area contributed by atoms with Crippen LogP contribution in [-0.2, 0) is 6.54 Å². The number of amides is 1. The van der Waals surface area contributed by atoms with Gasteiger partial charge in [0.2, 0.25) is 0 Å². The molecule has 19 heavy (non-hydrogen) atoms. The number of aromatic nitrogens is 2. The van der Waals surface area contributed by atoms with E-state index in [0.717, 1.165) is 15.7 Å². The highest BCUT2D eigenvalue weighted by molar-refractivity contribution is 9.10. The molecule has 0 saturated heterocycles. The van der Waals surface area contributed by atoms with Gasteiger partial charge in [0, 0.05) is 10.7 Å². The monoisotopic (exact) mass is 319 g/mol. The van der Waals surface area contributed by atoms with E-state index in [4.69, 9.17) is 0 Å². The Morgan fingerprint density at radius 1 is 1.32 bits per heavy atom. The molecule has 0 saturated carbocycles. The first kappa shape index (κ1) is 13.7. The molecule has 1 amide bonds. The van der Waals surface area contributed by atoms with Crippen molar-refractivity contribution in [3.63, 3.8) is 0 Å². The van der Waals surface area contributed by atoms with E-state index < -0.39 is 0 Å². The second kappa shape index (κ2) is 5.93. The lowest BCUT2D eigenvalue weighted by Crippen LogP contribution is -2.23. The molecule has 1 N–H and O–H groups in total. The predicted molar refractivity (Wildman–Crippen MR) is 76.8 cm³/mol. The molecule has 0 aliphatic carbocycles. The Morgan fingerprint density at radius 2 is 2.11 bits per heavy atom. The molecule has 0 unspecified atom stereocenters. The van der Waals surface area contributed by atoms with Crippen LogP contribution in [0.5, 0.6) is 0 Å². The maximum Gasteiger partial charge on any atom is 0.252 e. The summed E-state index contributed by atoms with van der Waals surface area (Å²) in [6.45, 7) is 4.19. The van der Waals surface area contributed by atoms with E-state index in [1.165, 1.54) is 0 Å². The van der Waals surface area contributed by atoms with E-state index in [2.05, 4.69) is 31.2 Å². The van der Waals surface area contributed by atoms with E-state index in [-0.39, 0.29) is 5.91 Å². The third kappa shape index (κ3) is 3.61. The minimum atomic E-state index is -0.122. The molecule has 0 aliphatic heterocycles. The van der Waals surface area contributed by atoms with Crippen LogP contribution in [0.2, 0.25) is 0 Å². The second-order valence-electron chi connectivity index (χ2n) is 4.26. The fraction of sp³-hybridized carbons (Fsp3) is 0.214. The quantitative estimate of drug-likeness (QED) is 0.946. The molecule has 0 spiro atoms. The molecule has 5 heteroatoms. The van der Waals surface area contributed by atoms with Crippen LogP contribution in [0.3, 0.4) is 0 Å². The first-order valence-corrected chi connectivity index (χ1v) is 6.68. The Morgan fingerprint density at radius 3 is 2.79 bits per heavy atom. The fourth-order valence-corrected chi connectivity index (χ4v) is 2.35. The summed E-state index contributed by atoms with van der Waals surface area (Å²) in [5.41, 5.74) is 2.52. The number of nitrogens with one attached hydrogen (secondary N) is 1. The molecule has 1 heterocycles. The number of aryl methyl sites for hydroxylation is 2. The zero-order valence-corrected chi connectivity index (χ0v) is 12.4. The molecule has 0 bridgehead atoms. The summed E-state index contributed by atoms with van der Waals surface area (Å²) in [7, 11) is 0. The Bertz CT molecular complexity index is 613. The highest BCUT2D eigenvalue weighted by atomic mass is 79.9. The van der Waals surface area contributed by atoms with Gasteiger partial charge >= 0.3 is 0 Å². The van der Waals surface area contributed by atoms with Crippen molar-refractivity contribution in [2.24, 2.45) is 0 Å². The van der Waals surface area contributed by atoms with Gasteiger partial charge in [-0.1, -0.05) is 6.07 Å². The van der Waals surface area contributed by atoms with Crippen molar-refractivity contribution in [1.82, 2.24) is 15.3 Å². The second-order valence-corrected chi connectivity index (χ2v) is 5.12. The Labute approximate surface area is 120 Å². The number of carbonyl (C=O) groups is 1. The highest BCUT2D eigenvalue weighted by Crippen LogP contribution is 2.18. The fourth-order valence-electron chi connectivity index (χ4n) is 1.67. The minimum absolute atomic E-state index is 0.122. The molecule has 0 radical (unpaired) electrons. The van der Waals surface area contributed by atoms with Crippen LogP contribution >= 0.6 is 15.9 Å². The molecular weight excluding hydrogens is 306 g/mol. The highest BCUT2D eigenvalue weighted by Gasteiger charge is 2.09. The molecule has 0 fully saturated rings. The number of hydrogen-bond acceptors (Lipinski definition) is 3. The smallest absolute Gasteiger partial charge is 0.252 e. The van der Waals surface area contributed by atoms with Crippen LogP contribution in [-0.4, -0.2) is 15.9 Å². The van der Waals surface area contributed by atoms with Crippen LogP contribution in [0.1, 0.15) is 27.4 Å². The summed E-state index contributed by atoms with van der Waals surface area (Å²) in [6.07, 6.45) is 1.69. The molecule has 1 aromatic heterocycles. The van der Waals surface area contributed by atoms with Gasteiger partial charge in [0.1, 0.15) is 5.82 Å². The summed E-state index contributed by atoms with van der Waals surface area (Å²) in [5.74, 6) is 0.575. The number of nitrogens with zero attached hydrogens (tertiary/aromatic N) is 2. The normalized spacial score (nSPS) is 10.3. The molecule has 98 valence electrons. The lowest BCUT2D eigenvalue weighted by molar-refractivity contribution is 0.0949. The van der Waals surface area contributed by atoms with E-state index in [1.54, 1.807) is 18.3 Å². The summed E-state index contributed by atoms with van der Waals surface area (Å²) < 4.78 is 0.795. The first-order valence-electron chi connectivity index (χ1n) is 5.89. The van der Waals surface area contributed by atoms with Gasteiger partial charge in [-0.05, 0) is 53.5 Å². The Hall–Kier alpha value is -1.75. The van der Waals surface area contributed by atoms with Crippen molar-refractivity contribution in [2.45, 2.75) is 20.4 Å². The predicted octanol–water partition coefficient (Wildman–Crippen LogP) is 2.79. The number of hydrogen-bond donors (Lipinski definition) is 1. The van der Waals surface area contributed by atoms with Crippen LogP contribution < -0.4 is 5.32 Å². The Balaban J connectivity index is 2.05. The topological polar surface area (TPSA) is 54.9 Å². The molecule has 4 nitrogen and oxygen atoms in total. The van der Waals surface area contributed by atoms with E-state index in [0.29, 0.717) is 17.9 Å². The van der Waals surface area contributed by atoms with Crippen LogP contribution in [0.15, 0.2) is 34.9 Å². The number of benzene rings is 1. The zero-order chi connectivity index (χ0) is 13.8. The van der Waals surface area contributed by atoms with Crippen LogP contribution in [0.25, 0.3) is 0 Å². The van der Waals surface area contributed by atoms with Crippen LogP contribution in [0.4, 0.5) is 0 Å². The van der Waals surface area contributed by atoms with Gasteiger partial charge in [-0.15, -0.1) is 0 Å². The lowest BCUT2D eigenvalue weighted by Gasteiger charge is -2.07. The molecule has 0 aliphatic rings. The van der Waals surface area contributed by atoms with Gasteiger partial charge in [0.05, 0.1) is 17.8 Å². The third-order valence-electron chi connectivity index (χ3n) is 2.63. The summed E-state index contributed by atoms with van der Waals surface area (Å²) in [6, 6.07) is 7.43. The van der Waals surface area contributed by atoms with E-state index in [1.807, 2.05) is 26.0 Å². The maximum atomic E-state index is 12.1. The van der Waals surface area contributed by atoms with E-state index in [9.17, 15) is 4.79 Å². The largest absolute Gasteiger partial charge is 0.346 e. The molecule has 0 atom stereocenters. The standard InChI is InChI=1S/C14H14BrN3O/c1-9-3-4-12(13(15)7-9)14(19)17-8-11-5-6-16-10(2)18-11/h3-7H,8H2,1-2H3,(H,17,19). The van der Waals surface area contributed by atoms with Crippen molar-refractivity contribution in [2.75, 3.05) is 0 Å². The van der Waals surface area contributed by atoms with Gasteiger partial charge in [-0.25, -0.2) is 9.97 Å². The first-order chi connectivity index (χ1) is 9.06. The van der Waals surface area contributed by atoms with Gasteiger partial charge in [0.15, 0.2) is 0 Å². The minimum Gasteiger partial charge on any atom is -0.346 e. The molecule has 1 aromatic carbocycles.